The number of rotatable bonds is 6. The summed E-state index contributed by atoms with van der Waals surface area (Å²) in [5.74, 6) is 0.463. The van der Waals surface area contributed by atoms with E-state index in [0.29, 0.717) is 17.5 Å². The second kappa shape index (κ2) is 9.35. The lowest BCUT2D eigenvalue weighted by Crippen LogP contribution is -2.40. The number of fused-ring (bicyclic) bond motifs is 1. The minimum Gasteiger partial charge on any atom is -0.497 e. The molecule has 0 aliphatic carbocycles. The van der Waals surface area contributed by atoms with E-state index in [4.69, 9.17) is 9.15 Å². The average molecular weight is 421 g/mol. The molecule has 6 nitrogen and oxygen atoms in total. The van der Waals surface area contributed by atoms with Crippen LogP contribution < -0.4 is 15.5 Å². The third kappa shape index (κ3) is 4.80. The quantitative estimate of drug-likeness (QED) is 0.651. The van der Waals surface area contributed by atoms with Gasteiger partial charge in [0.25, 0.3) is 5.91 Å². The Bertz CT molecular complexity index is 1110. The normalized spacial score (nSPS) is 15.5. The number of amides is 1. The lowest BCUT2D eigenvalue weighted by atomic mass is 10.0. The number of nitrogens with one attached hydrogen (secondary N) is 1. The predicted molar refractivity (Wildman–Crippen MR) is 121 cm³/mol. The zero-order valence-electron chi connectivity index (χ0n) is 18.0. The first-order chi connectivity index (χ1) is 15.0. The molecule has 1 atom stereocenters. The first-order valence-electron chi connectivity index (χ1n) is 10.8. The van der Waals surface area contributed by atoms with Crippen LogP contribution >= 0.6 is 0 Å². The molecular weight excluding hydrogens is 392 g/mol. The van der Waals surface area contributed by atoms with E-state index in [1.165, 1.54) is 12.5 Å². The molecule has 1 aromatic heterocycles. The van der Waals surface area contributed by atoms with Gasteiger partial charge in [-0.2, -0.15) is 0 Å². The van der Waals surface area contributed by atoms with Crippen molar-refractivity contribution in [2.45, 2.75) is 32.2 Å². The molecule has 4 rings (SSSR count). The van der Waals surface area contributed by atoms with Crippen LogP contribution in [-0.4, -0.2) is 37.6 Å². The zero-order valence-corrected chi connectivity index (χ0v) is 18.0. The van der Waals surface area contributed by atoms with E-state index in [9.17, 15) is 9.59 Å². The number of nitrogens with zero attached hydrogens (tertiary/aromatic N) is 1. The maximum Gasteiger partial charge on any atom is 0.287 e. The smallest absolute Gasteiger partial charge is 0.287 e. The minimum absolute atomic E-state index is 0.0372. The van der Waals surface area contributed by atoms with Crippen molar-refractivity contribution < 1.29 is 13.9 Å². The van der Waals surface area contributed by atoms with E-state index >= 15 is 0 Å². The molecule has 1 fully saturated rings. The molecule has 1 aliphatic heterocycles. The number of piperidine rings is 1. The van der Waals surface area contributed by atoms with Gasteiger partial charge < -0.3 is 14.5 Å². The van der Waals surface area contributed by atoms with Crippen LogP contribution in [0.2, 0.25) is 0 Å². The molecule has 0 bridgehead atoms. The van der Waals surface area contributed by atoms with E-state index in [1.54, 1.807) is 19.2 Å². The molecule has 1 amide bonds. The summed E-state index contributed by atoms with van der Waals surface area (Å²) < 4.78 is 11.0. The molecule has 0 spiro atoms. The molecule has 1 N–H and O–H groups in total. The highest BCUT2D eigenvalue weighted by Gasteiger charge is 2.24. The first kappa shape index (κ1) is 21.1. The summed E-state index contributed by atoms with van der Waals surface area (Å²) in [5.41, 5.74) is 2.31. The predicted octanol–water partition coefficient (Wildman–Crippen LogP) is 4.07. The Balaban J connectivity index is 1.55. The summed E-state index contributed by atoms with van der Waals surface area (Å²) >= 11 is 0. The van der Waals surface area contributed by atoms with E-state index in [2.05, 4.69) is 10.2 Å². The van der Waals surface area contributed by atoms with Gasteiger partial charge in [0.1, 0.15) is 11.3 Å². The van der Waals surface area contributed by atoms with Gasteiger partial charge >= 0.3 is 0 Å². The topological polar surface area (TPSA) is 71.8 Å². The number of hydrogen-bond acceptors (Lipinski definition) is 5. The van der Waals surface area contributed by atoms with Crippen molar-refractivity contribution in [3.8, 4) is 5.75 Å². The molecule has 0 radical (unpaired) electrons. The standard InChI is InChI=1S/C25H28N2O4/c1-17-6-11-20-22(28)15-24(31-23(20)14-17)25(29)26-16-21(27-12-4-3-5-13-27)18-7-9-19(30-2)10-8-18/h6-11,14-15,21H,3-5,12-13,16H2,1-2H3,(H,26,29)/t21-/m1/s1. The van der Waals surface area contributed by atoms with Crippen LogP contribution in [0.1, 0.15) is 47.0 Å². The van der Waals surface area contributed by atoms with Crippen LogP contribution in [0.25, 0.3) is 11.0 Å². The SMILES string of the molecule is COc1ccc([C@@H](CNC(=O)c2cc(=O)c3ccc(C)cc3o2)N2CCCCC2)cc1. The Morgan fingerprint density at radius 1 is 1.10 bits per heavy atom. The highest BCUT2D eigenvalue weighted by molar-refractivity contribution is 5.93. The van der Waals surface area contributed by atoms with Gasteiger partial charge in [-0.25, -0.2) is 0 Å². The number of methoxy groups -OCH3 is 1. The Hall–Kier alpha value is -3.12. The molecule has 0 saturated carbocycles. The van der Waals surface area contributed by atoms with Crippen LogP contribution in [0.15, 0.2) is 57.7 Å². The second-order valence-electron chi connectivity index (χ2n) is 8.07. The third-order valence-electron chi connectivity index (χ3n) is 5.90. The van der Waals surface area contributed by atoms with Crippen molar-refractivity contribution in [1.82, 2.24) is 10.2 Å². The van der Waals surface area contributed by atoms with Gasteiger partial charge in [0.05, 0.1) is 18.5 Å². The van der Waals surface area contributed by atoms with Crippen molar-refractivity contribution >= 4 is 16.9 Å². The summed E-state index contributed by atoms with van der Waals surface area (Å²) in [5, 5.41) is 3.46. The maximum absolute atomic E-state index is 12.9. The Morgan fingerprint density at radius 2 is 1.84 bits per heavy atom. The monoisotopic (exact) mass is 420 g/mol. The van der Waals surface area contributed by atoms with E-state index in [1.807, 2.05) is 37.3 Å². The number of likely N-dealkylation sites (tertiary alicyclic amines) is 1. The molecule has 1 aliphatic rings. The summed E-state index contributed by atoms with van der Waals surface area (Å²) in [6, 6.07) is 14.7. The van der Waals surface area contributed by atoms with Gasteiger partial charge in [-0.15, -0.1) is 0 Å². The molecule has 2 heterocycles. The lowest BCUT2D eigenvalue weighted by Gasteiger charge is -2.35. The fourth-order valence-corrected chi connectivity index (χ4v) is 4.16. The summed E-state index contributed by atoms with van der Waals surface area (Å²) in [7, 11) is 1.65. The van der Waals surface area contributed by atoms with E-state index in [0.717, 1.165) is 42.8 Å². The number of ether oxygens (including phenoxy) is 1. The highest BCUT2D eigenvalue weighted by Crippen LogP contribution is 2.26. The molecule has 1 saturated heterocycles. The van der Waals surface area contributed by atoms with Crippen molar-refractivity contribution in [2.75, 3.05) is 26.7 Å². The second-order valence-corrected chi connectivity index (χ2v) is 8.07. The number of carbonyl (C=O) groups excluding carboxylic acids is 1. The molecule has 6 heteroatoms. The minimum atomic E-state index is -0.379. The van der Waals surface area contributed by atoms with Crippen molar-refractivity contribution in [1.29, 1.82) is 0 Å². The molecule has 0 unspecified atom stereocenters. The van der Waals surface area contributed by atoms with Crippen molar-refractivity contribution in [3.05, 3.63) is 75.6 Å². The van der Waals surface area contributed by atoms with Gasteiger partial charge in [0.15, 0.2) is 11.2 Å². The van der Waals surface area contributed by atoms with Gasteiger partial charge in [-0.1, -0.05) is 24.6 Å². The number of hydrogen-bond donors (Lipinski definition) is 1. The van der Waals surface area contributed by atoms with Crippen molar-refractivity contribution in [2.24, 2.45) is 0 Å². The number of benzene rings is 2. The Morgan fingerprint density at radius 3 is 2.55 bits per heavy atom. The molecular formula is C25H28N2O4. The van der Waals surface area contributed by atoms with Gasteiger partial charge in [0.2, 0.25) is 0 Å². The summed E-state index contributed by atoms with van der Waals surface area (Å²) in [4.78, 5) is 27.7. The fourth-order valence-electron chi connectivity index (χ4n) is 4.16. The Labute approximate surface area is 181 Å². The molecule has 162 valence electrons. The molecule has 31 heavy (non-hydrogen) atoms. The number of aryl methyl sites for hydroxylation is 1. The largest absolute Gasteiger partial charge is 0.497 e. The van der Waals surface area contributed by atoms with Crippen LogP contribution in [-0.2, 0) is 0 Å². The van der Waals surface area contributed by atoms with Gasteiger partial charge in [-0.05, 0) is 68.2 Å². The third-order valence-corrected chi connectivity index (χ3v) is 5.90. The maximum atomic E-state index is 12.9. The van der Waals surface area contributed by atoms with E-state index in [-0.39, 0.29) is 23.1 Å². The first-order valence-corrected chi connectivity index (χ1v) is 10.8. The Kier molecular flexibility index (Phi) is 6.37. The summed E-state index contributed by atoms with van der Waals surface area (Å²) in [6.07, 6.45) is 3.54. The zero-order chi connectivity index (χ0) is 21.8. The molecule has 2 aromatic carbocycles. The van der Waals surface area contributed by atoms with Crippen LogP contribution in [0.4, 0.5) is 0 Å². The van der Waals surface area contributed by atoms with Crippen molar-refractivity contribution in [3.63, 3.8) is 0 Å². The highest BCUT2D eigenvalue weighted by atomic mass is 16.5. The summed E-state index contributed by atoms with van der Waals surface area (Å²) in [6.45, 7) is 4.35. The van der Waals surface area contributed by atoms with Crippen LogP contribution in [0.5, 0.6) is 5.75 Å². The number of carbonyl (C=O) groups is 1. The van der Waals surface area contributed by atoms with Gasteiger partial charge in [-0.3, -0.25) is 14.5 Å². The van der Waals surface area contributed by atoms with Gasteiger partial charge in [0, 0.05) is 12.6 Å². The average Bonchev–Trinajstić information content (AvgIpc) is 2.79. The fraction of sp³-hybridized carbons (Fsp3) is 0.360. The van der Waals surface area contributed by atoms with Crippen LogP contribution in [0.3, 0.4) is 0 Å². The van der Waals surface area contributed by atoms with E-state index < -0.39 is 0 Å². The lowest BCUT2D eigenvalue weighted by molar-refractivity contribution is 0.0897. The van der Waals surface area contributed by atoms with Crippen LogP contribution in [0, 0.1) is 6.92 Å². The molecule has 3 aromatic rings.